The molecule has 0 heterocycles. The summed E-state index contributed by atoms with van der Waals surface area (Å²) in [6.07, 6.45) is 8.00. The lowest BCUT2D eigenvalue weighted by molar-refractivity contribution is 0.341. The number of halogens is 1. The van der Waals surface area contributed by atoms with Gasteiger partial charge < -0.3 is 5.32 Å². The molecule has 0 amide bonds. The van der Waals surface area contributed by atoms with Crippen molar-refractivity contribution >= 4 is 0 Å². The van der Waals surface area contributed by atoms with Gasteiger partial charge in [0.25, 0.3) is 0 Å². The molecule has 1 aromatic rings. The van der Waals surface area contributed by atoms with Crippen molar-refractivity contribution in [2.75, 3.05) is 7.05 Å². The standard InChI is InChI=1S/C16H24FN/c1-12-11-14(9-10-15(12)17)16(18-2)13-7-5-3-4-6-8-13/h9-11,13,16,18H,3-8H2,1-2H3. The van der Waals surface area contributed by atoms with E-state index >= 15 is 0 Å². The van der Waals surface area contributed by atoms with Gasteiger partial charge in [0.2, 0.25) is 0 Å². The fourth-order valence-corrected chi connectivity index (χ4v) is 3.18. The van der Waals surface area contributed by atoms with Gasteiger partial charge in [0.15, 0.2) is 0 Å². The van der Waals surface area contributed by atoms with Crippen molar-refractivity contribution in [3.8, 4) is 0 Å². The van der Waals surface area contributed by atoms with E-state index in [0.717, 1.165) is 5.56 Å². The molecule has 100 valence electrons. The molecule has 1 aliphatic carbocycles. The van der Waals surface area contributed by atoms with Gasteiger partial charge >= 0.3 is 0 Å². The molecule has 1 aliphatic rings. The van der Waals surface area contributed by atoms with Crippen LogP contribution >= 0.6 is 0 Å². The maximum Gasteiger partial charge on any atom is 0.126 e. The number of rotatable bonds is 3. The minimum Gasteiger partial charge on any atom is -0.313 e. The largest absolute Gasteiger partial charge is 0.313 e. The Kier molecular flexibility index (Phi) is 4.76. The van der Waals surface area contributed by atoms with Gasteiger partial charge in [-0.05, 0) is 49.9 Å². The molecule has 0 radical (unpaired) electrons. The van der Waals surface area contributed by atoms with Gasteiger partial charge in [0.1, 0.15) is 5.82 Å². The van der Waals surface area contributed by atoms with Crippen LogP contribution in [-0.2, 0) is 0 Å². The normalized spacial score (nSPS) is 19.5. The lowest BCUT2D eigenvalue weighted by Gasteiger charge is -2.26. The van der Waals surface area contributed by atoms with Crippen molar-refractivity contribution in [3.05, 3.63) is 35.1 Å². The SMILES string of the molecule is CNC(c1ccc(F)c(C)c1)C1CCCCCC1. The number of benzene rings is 1. The second-order valence-electron chi connectivity index (χ2n) is 5.53. The van der Waals surface area contributed by atoms with Crippen molar-refractivity contribution in [3.63, 3.8) is 0 Å². The maximum absolute atomic E-state index is 13.4. The van der Waals surface area contributed by atoms with Crippen molar-refractivity contribution in [1.82, 2.24) is 5.32 Å². The highest BCUT2D eigenvalue weighted by atomic mass is 19.1. The molecule has 2 heteroatoms. The van der Waals surface area contributed by atoms with E-state index in [1.54, 1.807) is 6.07 Å². The summed E-state index contributed by atoms with van der Waals surface area (Å²) in [6.45, 7) is 1.85. The Labute approximate surface area is 110 Å². The molecule has 18 heavy (non-hydrogen) atoms. The van der Waals surface area contributed by atoms with E-state index in [9.17, 15) is 4.39 Å². The Balaban J connectivity index is 2.17. The van der Waals surface area contributed by atoms with Gasteiger partial charge in [-0.1, -0.05) is 37.8 Å². The fourth-order valence-electron chi connectivity index (χ4n) is 3.18. The molecule has 1 saturated carbocycles. The summed E-state index contributed by atoms with van der Waals surface area (Å²) in [5.74, 6) is 0.594. The zero-order chi connectivity index (χ0) is 13.0. The number of hydrogen-bond acceptors (Lipinski definition) is 1. The predicted molar refractivity (Wildman–Crippen MR) is 74.1 cm³/mol. The smallest absolute Gasteiger partial charge is 0.126 e. The molecule has 1 fully saturated rings. The van der Waals surface area contributed by atoms with Crippen LogP contribution in [0.15, 0.2) is 18.2 Å². The van der Waals surface area contributed by atoms with Crippen LogP contribution in [0.25, 0.3) is 0 Å². The first-order valence-electron chi connectivity index (χ1n) is 7.15. The average Bonchev–Trinajstić information content (AvgIpc) is 2.64. The highest BCUT2D eigenvalue weighted by Crippen LogP contribution is 2.33. The monoisotopic (exact) mass is 249 g/mol. The molecule has 0 aliphatic heterocycles. The van der Waals surface area contributed by atoms with E-state index in [0.29, 0.717) is 12.0 Å². The van der Waals surface area contributed by atoms with Crippen molar-refractivity contribution in [2.24, 2.45) is 5.92 Å². The van der Waals surface area contributed by atoms with Crippen molar-refractivity contribution in [2.45, 2.75) is 51.5 Å². The third kappa shape index (κ3) is 3.11. The number of nitrogens with one attached hydrogen (secondary N) is 1. The molecule has 2 rings (SSSR count). The van der Waals surface area contributed by atoms with Crippen LogP contribution in [0, 0.1) is 18.7 Å². The summed E-state index contributed by atoms with van der Waals surface area (Å²) in [4.78, 5) is 0. The topological polar surface area (TPSA) is 12.0 Å². The number of hydrogen-bond donors (Lipinski definition) is 1. The van der Waals surface area contributed by atoms with Crippen LogP contribution in [0.2, 0.25) is 0 Å². The lowest BCUT2D eigenvalue weighted by atomic mass is 9.87. The quantitative estimate of drug-likeness (QED) is 0.785. The minimum absolute atomic E-state index is 0.102. The second kappa shape index (κ2) is 6.33. The Morgan fingerprint density at radius 1 is 1.17 bits per heavy atom. The summed E-state index contributed by atoms with van der Waals surface area (Å²) in [7, 11) is 2.02. The Bertz CT molecular complexity index is 381. The Hall–Kier alpha value is -0.890. The minimum atomic E-state index is -0.102. The molecule has 1 aromatic carbocycles. The maximum atomic E-state index is 13.4. The molecule has 0 aromatic heterocycles. The Morgan fingerprint density at radius 3 is 2.39 bits per heavy atom. The molecule has 1 atom stereocenters. The van der Waals surface area contributed by atoms with Crippen LogP contribution in [-0.4, -0.2) is 7.05 Å². The first-order chi connectivity index (χ1) is 8.72. The molecule has 0 saturated heterocycles. The van der Waals surface area contributed by atoms with Crippen LogP contribution < -0.4 is 5.32 Å². The molecule has 1 nitrogen and oxygen atoms in total. The zero-order valence-electron chi connectivity index (χ0n) is 11.5. The summed E-state index contributed by atoms with van der Waals surface area (Å²) < 4.78 is 13.4. The third-order valence-electron chi connectivity index (χ3n) is 4.22. The zero-order valence-corrected chi connectivity index (χ0v) is 11.5. The van der Waals surface area contributed by atoms with E-state index in [4.69, 9.17) is 0 Å². The van der Waals surface area contributed by atoms with E-state index in [2.05, 4.69) is 5.32 Å². The van der Waals surface area contributed by atoms with E-state index < -0.39 is 0 Å². The molecule has 0 spiro atoms. The van der Waals surface area contributed by atoms with Crippen LogP contribution in [0.5, 0.6) is 0 Å². The van der Waals surface area contributed by atoms with Gasteiger partial charge in [-0.3, -0.25) is 0 Å². The van der Waals surface area contributed by atoms with Gasteiger partial charge in [0.05, 0.1) is 0 Å². The van der Waals surface area contributed by atoms with Crippen LogP contribution in [0.1, 0.15) is 55.7 Å². The predicted octanol–water partition coefficient (Wildman–Crippen LogP) is 4.37. The van der Waals surface area contributed by atoms with E-state index in [-0.39, 0.29) is 5.82 Å². The first kappa shape index (κ1) is 13.5. The summed E-state index contributed by atoms with van der Waals surface area (Å²) in [6, 6.07) is 5.92. The highest BCUT2D eigenvalue weighted by molar-refractivity contribution is 5.27. The van der Waals surface area contributed by atoms with E-state index in [1.165, 1.54) is 44.1 Å². The molecule has 1 unspecified atom stereocenters. The van der Waals surface area contributed by atoms with Crippen molar-refractivity contribution in [1.29, 1.82) is 0 Å². The molecule has 0 bridgehead atoms. The second-order valence-corrected chi connectivity index (χ2v) is 5.53. The van der Waals surface area contributed by atoms with Gasteiger partial charge in [-0.2, -0.15) is 0 Å². The van der Waals surface area contributed by atoms with E-state index in [1.807, 2.05) is 26.1 Å². The van der Waals surface area contributed by atoms with Gasteiger partial charge in [-0.15, -0.1) is 0 Å². The molecule has 1 N–H and O–H groups in total. The van der Waals surface area contributed by atoms with Gasteiger partial charge in [-0.25, -0.2) is 4.39 Å². The Morgan fingerprint density at radius 2 is 1.83 bits per heavy atom. The summed E-state index contributed by atoms with van der Waals surface area (Å²) >= 11 is 0. The highest BCUT2D eigenvalue weighted by Gasteiger charge is 2.23. The summed E-state index contributed by atoms with van der Waals surface area (Å²) in [5.41, 5.74) is 1.99. The van der Waals surface area contributed by atoms with Crippen molar-refractivity contribution < 1.29 is 4.39 Å². The molecular formula is C16H24FN. The lowest BCUT2D eigenvalue weighted by Crippen LogP contribution is -2.25. The summed E-state index contributed by atoms with van der Waals surface area (Å²) in [5, 5.41) is 3.44. The fraction of sp³-hybridized carbons (Fsp3) is 0.625. The van der Waals surface area contributed by atoms with Crippen LogP contribution in [0.3, 0.4) is 0 Å². The van der Waals surface area contributed by atoms with Gasteiger partial charge in [0, 0.05) is 6.04 Å². The third-order valence-corrected chi connectivity index (χ3v) is 4.22. The molecular weight excluding hydrogens is 225 g/mol. The average molecular weight is 249 g/mol. The van der Waals surface area contributed by atoms with Crippen LogP contribution in [0.4, 0.5) is 4.39 Å². The number of aryl methyl sites for hydroxylation is 1. The first-order valence-corrected chi connectivity index (χ1v) is 7.15.